The number of esters is 1. The number of aliphatic hydroxyl groups excluding tert-OH is 2. The third-order valence-corrected chi connectivity index (χ3v) is 14.3. The van der Waals surface area contributed by atoms with Crippen molar-refractivity contribution in [2.24, 2.45) is 44.8 Å². The maximum atomic E-state index is 12.8. The van der Waals surface area contributed by atoms with Gasteiger partial charge in [-0.1, -0.05) is 72.3 Å². The van der Waals surface area contributed by atoms with Gasteiger partial charge in [0.05, 0.1) is 6.10 Å². The SMILES string of the molecule is C#C.C/C=C(/C)C(=O)O.C/C=C(/C)C(=O)OC1CC2(CO)CC[C@]3(C)C(=CCC4C(C)(CCC(O)CC)C(C)CCC43C)C2CC1(C)C. The van der Waals surface area contributed by atoms with Crippen LogP contribution in [0.25, 0.3) is 0 Å². The number of carboxylic acid groups (broad SMARTS) is 1. The summed E-state index contributed by atoms with van der Waals surface area (Å²) < 4.78 is 6.14. The predicted molar refractivity (Wildman–Crippen MR) is 196 cm³/mol. The van der Waals surface area contributed by atoms with Crippen molar-refractivity contribution in [3.8, 4) is 12.8 Å². The van der Waals surface area contributed by atoms with Crippen LogP contribution in [0.4, 0.5) is 0 Å². The van der Waals surface area contributed by atoms with Gasteiger partial charge in [-0.2, -0.15) is 0 Å². The molecular weight excluding hydrogens is 600 g/mol. The first-order valence-corrected chi connectivity index (χ1v) is 18.3. The molecule has 4 aliphatic rings. The third kappa shape index (κ3) is 7.68. The minimum atomic E-state index is -0.845. The summed E-state index contributed by atoms with van der Waals surface area (Å²) in [5.41, 5.74) is 2.77. The standard InChI is InChI=1S/C35H58O4.C5H8O2.C2H2/c1-10-23(3)30(38)39-29-21-35(22-36)19-18-33(8)26(27(35)20-31(29,5)6)12-13-28-32(7,16-15-25(37)11-2)24(4)14-17-34(28,33)9;1-3-4(2)5(6)7;1-2/h10,12,24-25,27-29,36-37H,11,13-22H2,1-9H3;3H,1-2H3,(H,6,7);1-2H/b23-10-;4-3-;/t24?,25?,27?,28?,29?,32?,33-,34?,35?;;/m1../s1. The lowest BCUT2D eigenvalue weighted by Gasteiger charge is -2.69. The minimum absolute atomic E-state index is 0.102. The van der Waals surface area contributed by atoms with E-state index in [2.05, 4.69) is 67.4 Å². The van der Waals surface area contributed by atoms with E-state index >= 15 is 0 Å². The van der Waals surface area contributed by atoms with Crippen molar-refractivity contribution in [3.63, 3.8) is 0 Å². The minimum Gasteiger partial charge on any atom is -0.478 e. The Labute approximate surface area is 292 Å². The molecule has 3 saturated carbocycles. The highest BCUT2D eigenvalue weighted by molar-refractivity contribution is 5.87. The summed E-state index contributed by atoms with van der Waals surface area (Å²) in [6.07, 6.45) is 23.8. The van der Waals surface area contributed by atoms with Crippen molar-refractivity contribution in [3.05, 3.63) is 34.9 Å². The Morgan fingerprint density at radius 2 is 1.62 bits per heavy atom. The fraction of sp³-hybridized carbons (Fsp3) is 0.762. The van der Waals surface area contributed by atoms with Crippen molar-refractivity contribution in [1.29, 1.82) is 0 Å². The molecule has 6 heteroatoms. The number of rotatable bonds is 8. The number of fused-ring (bicyclic) bond motifs is 5. The van der Waals surface area contributed by atoms with Crippen LogP contribution in [-0.4, -0.2) is 46.1 Å². The van der Waals surface area contributed by atoms with Crippen molar-refractivity contribution in [1.82, 2.24) is 0 Å². The summed E-state index contributed by atoms with van der Waals surface area (Å²) in [7, 11) is 0. The summed E-state index contributed by atoms with van der Waals surface area (Å²) in [5.74, 6) is 0.505. The van der Waals surface area contributed by atoms with Crippen molar-refractivity contribution in [2.45, 2.75) is 153 Å². The molecule has 8 unspecified atom stereocenters. The molecule has 4 aliphatic carbocycles. The van der Waals surface area contributed by atoms with Crippen LogP contribution < -0.4 is 0 Å². The van der Waals surface area contributed by atoms with E-state index in [-0.39, 0.29) is 51.9 Å². The highest BCUT2D eigenvalue weighted by Crippen LogP contribution is 2.73. The van der Waals surface area contributed by atoms with Crippen molar-refractivity contribution >= 4 is 11.9 Å². The molecule has 3 N–H and O–H groups in total. The van der Waals surface area contributed by atoms with E-state index in [1.165, 1.54) is 12.8 Å². The van der Waals surface area contributed by atoms with E-state index in [0.29, 0.717) is 28.9 Å². The van der Waals surface area contributed by atoms with Gasteiger partial charge in [-0.3, -0.25) is 0 Å². The van der Waals surface area contributed by atoms with Gasteiger partial charge in [0.1, 0.15) is 6.10 Å². The fourth-order valence-electron chi connectivity index (χ4n) is 9.94. The molecule has 0 aromatic carbocycles. The van der Waals surface area contributed by atoms with Crippen molar-refractivity contribution < 1.29 is 29.6 Å². The number of allylic oxidation sites excluding steroid dienone is 4. The van der Waals surface area contributed by atoms with Crippen LogP contribution in [0.5, 0.6) is 0 Å². The normalized spacial score (nSPS) is 37.8. The van der Waals surface area contributed by atoms with E-state index in [0.717, 1.165) is 51.4 Å². The first kappa shape index (κ1) is 41.8. The van der Waals surface area contributed by atoms with E-state index < -0.39 is 5.97 Å². The maximum absolute atomic E-state index is 12.8. The van der Waals surface area contributed by atoms with Crippen LogP contribution in [-0.2, 0) is 14.3 Å². The second-order valence-corrected chi connectivity index (χ2v) is 16.9. The number of carboxylic acids is 1. The largest absolute Gasteiger partial charge is 0.478 e. The second-order valence-electron chi connectivity index (χ2n) is 16.9. The van der Waals surface area contributed by atoms with Gasteiger partial charge in [0.25, 0.3) is 0 Å². The first-order chi connectivity index (χ1) is 22.3. The number of hydrogen-bond acceptors (Lipinski definition) is 5. The molecule has 272 valence electrons. The number of carbonyl (C=O) groups is 2. The Morgan fingerprint density at radius 3 is 2.12 bits per heavy atom. The van der Waals surface area contributed by atoms with Gasteiger partial charge in [-0.25, -0.2) is 9.59 Å². The average molecular weight is 669 g/mol. The molecule has 0 heterocycles. The summed E-state index contributed by atoms with van der Waals surface area (Å²) >= 11 is 0. The lowest BCUT2D eigenvalue weighted by Crippen LogP contribution is -2.62. The van der Waals surface area contributed by atoms with Crippen LogP contribution in [0.15, 0.2) is 34.9 Å². The second kappa shape index (κ2) is 16.1. The molecular formula is C42H68O6. The van der Waals surface area contributed by atoms with Gasteiger partial charge >= 0.3 is 11.9 Å². The van der Waals surface area contributed by atoms with Crippen LogP contribution >= 0.6 is 0 Å². The molecule has 0 bridgehead atoms. The van der Waals surface area contributed by atoms with Crippen LogP contribution in [0.2, 0.25) is 0 Å². The Hall–Kier alpha value is -2.36. The molecule has 9 atom stereocenters. The average Bonchev–Trinajstić information content (AvgIpc) is 3.06. The molecule has 0 aliphatic heterocycles. The summed E-state index contributed by atoms with van der Waals surface area (Å²) in [6, 6.07) is 0. The first-order valence-electron chi connectivity index (χ1n) is 18.3. The maximum Gasteiger partial charge on any atom is 0.333 e. The highest BCUT2D eigenvalue weighted by Gasteiger charge is 2.66. The van der Waals surface area contributed by atoms with Gasteiger partial charge in [0.15, 0.2) is 0 Å². The van der Waals surface area contributed by atoms with E-state index in [4.69, 9.17) is 9.84 Å². The van der Waals surface area contributed by atoms with E-state index in [1.807, 2.05) is 19.9 Å². The quantitative estimate of drug-likeness (QED) is 0.103. The van der Waals surface area contributed by atoms with Gasteiger partial charge in [-0.15, -0.1) is 12.8 Å². The highest BCUT2D eigenvalue weighted by atomic mass is 16.5. The van der Waals surface area contributed by atoms with Gasteiger partial charge in [0.2, 0.25) is 0 Å². The smallest absolute Gasteiger partial charge is 0.333 e. The number of terminal acetylenes is 1. The molecule has 0 spiro atoms. The molecule has 0 aromatic rings. The summed E-state index contributed by atoms with van der Waals surface area (Å²) in [5, 5.41) is 29.6. The molecule has 6 nitrogen and oxygen atoms in total. The Balaban J connectivity index is 0.000000790. The molecule has 0 amide bonds. The number of hydrogen-bond donors (Lipinski definition) is 3. The monoisotopic (exact) mass is 669 g/mol. The zero-order chi connectivity index (χ0) is 36.9. The molecule has 0 aromatic heterocycles. The van der Waals surface area contributed by atoms with Gasteiger partial charge in [-0.05, 0) is 126 Å². The lowest BCUT2D eigenvalue weighted by molar-refractivity contribution is -0.181. The van der Waals surface area contributed by atoms with Crippen LogP contribution in [0, 0.1) is 57.7 Å². The zero-order valence-electron chi connectivity index (χ0n) is 32.1. The predicted octanol–water partition coefficient (Wildman–Crippen LogP) is 9.31. The third-order valence-electron chi connectivity index (χ3n) is 14.3. The zero-order valence-corrected chi connectivity index (χ0v) is 32.1. The Bertz CT molecular complexity index is 1260. The molecule has 4 rings (SSSR count). The number of carbonyl (C=O) groups excluding carboxylic acids is 1. The summed E-state index contributed by atoms with van der Waals surface area (Å²) in [6.45, 7) is 23.8. The van der Waals surface area contributed by atoms with Gasteiger partial charge in [0, 0.05) is 28.6 Å². The van der Waals surface area contributed by atoms with Crippen LogP contribution in [0.1, 0.15) is 140 Å². The molecule has 0 saturated heterocycles. The molecule has 48 heavy (non-hydrogen) atoms. The van der Waals surface area contributed by atoms with Crippen molar-refractivity contribution in [2.75, 3.05) is 6.61 Å². The van der Waals surface area contributed by atoms with Crippen LogP contribution in [0.3, 0.4) is 0 Å². The topological polar surface area (TPSA) is 104 Å². The van der Waals surface area contributed by atoms with Gasteiger partial charge < -0.3 is 20.1 Å². The number of aliphatic hydroxyl groups is 2. The van der Waals surface area contributed by atoms with E-state index in [9.17, 15) is 19.8 Å². The number of ether oxygens (including phenoxy) is 1. The van der Waals surface area contributed by atoms with E-state index in [1.54, 1.807) is 25.5 Å². The lowest BCUT2D eigenvalue weighted by atomic mass is 9.35. The number of aliphatic carboxylic acids is 1. The Kier molecular flexibility index (Phi) is 14.0. The molecule has 3 fully saturated rings. The Morgan fingerprint density at radius 1 is 1.02 bits per heavy atom. The fourth-order valence-corrected chi connectivity index (χ4v) is 9.94. The molecule has 0 radical (unpaired) electrons. The summed E-state index contributed by atoms with van der Waals surface area (Å²) in [4.78, 5) is 22.6.